The van der Waals surface area contributed by atoms with Gasteiger partial charge in [-0.05, 0) is 23.8 Å². The van der Waals surface area contributed by atoms with Crippen LogP contribution in [0.1, 0.15) is 11.3 Å². The number of nitrogens with zero attached hydrogens (tertiary/aromatic N) is 2. The largest absolute Gasteiger partial charge is 0.297 e. The highest BCUT2D eigenvalue weighted by Gasteiger charge is 2.11. The molecule has 0 spiro atoms. The first-order valence-corrected chi connectivity index (χ1v) is 9.87. The Bertz CT molecular complexity index is 994. The molecule has 0 fully saturated rings. The van der Waals surface area contributed by atoms with Crippen molar-refractivity contribution in [2.24, 2.45) is 0 Å². The zero-order valence-electron chi connectivity index (χ0n) is 12.7. The number of carbonyl (C=O) groups is 1. The minimum Gasteiger partial charge on any atom is -0.297 e. The van der Waals surface area contributed by atoms with Gasteiger partial charge in [0.1, 0.15) is 0 Å². The van der Waals surface area contributed by atoms with Crippen LogP contribution in [0.4, 0.5) is 0 Å². The van der Waals surface area contributed by atoms with Crippen LogP contribution in [0, 0.1) is 0 Å². The van der Waals surface area contributed by atoms with Gasteiger partial charge in [0.2, 0.25) is 5.91 Å². The molecule has 0 aliphatic heterocycles. The standard InChI is InChI=1S/C15H13ClN4O3S2/c16-12-3-1-11(2-4-12)5-8-25(22,23)19-18-14(21)9-13-10-20-6-7-24-15(20)17-13/h1-8,10,19H,9H2,(H,18,21)/b8-5+. The van der Waals surface area contributed by atoms with Crippen molar-refractivity contribution in [3.05, 3.63) is 63.7 Å². The van der Waals surface area contributed by atoms with Crippen LogP contribution in [0.3, 0.4) is 0 Å². The van der Waals surface area contributed by atoms with E-state index >= 15 is 0 Å². The van der Waals surface area contributed by atoms with Crippen LogP contribution in [0.5, 0.6) is 0 Å². The lowest BCUT2D eigenvalue weighted by molar-refractivity contribution is -0.120. The number of hydrogen-bond acceptors (Lipinski definition) is 5. The second-order valence-corrected chi connectivity index (χ2v) is 7.93. The Morgan fingerprint density at radius 2 is 2.08 bits per heavy atom. The number of imidazole rings is 1. The van der Waals surface area contributed by atoms with Gasteiger partial charge in [0.15, 0.2) is 4.96 Å². The molecule has 25 heavy (non-hydrogen) atoms. The second-order valence-electron chi connectivity index (χ2n) is 5.05. The summed E-state index contributed by atoms with van der Waals surface area (Å²) in [5.74, 6) is -0.505. The molecule has 130 valence electrons. The van der Waals surface area contributed by atoms with Gasteiger partial charge in [-0.3, -0.25) is 14.6 Å². The van der Waals surface area contributed by atoms with Crippen LogP contribution in [0.2, 0.25) is 5.02 Å². The van der Waals surface area contributed by atoms with Crippen molar-refractivity contribution in [1.82, 2.24) is 19.6 Å². The Labute approximate surface area is 153 Å². The molecule has 2 aromatic heterocycles. The maximum atomic E-state index is 11.9. The summed E-state index contributed by atoms with van der Waals surface area (Å²) in [7, 11) is -3.81. The van der Waals surface area contributed by atoms with Crippen LogP contribution in [-0.4, -0.2) is 23.7 Å². The fourth-order valence-electron chi connectivity index (χ4n) is 1.97. The summed E-state index contributed by atoms with van der Waals surface area (Å²) in [4.78, 5) is 18.9. The van der Waals surface area contributed by atoms with Gasteiger partial charge in [-0.1, -0.05) is 23.7 Å². The van der Waals surface area contributed by atoms with E-state index in [9.17, 15) is 13.2 Å². The van der Waals surface area contributed by atoms with Gasteiger partial charge < -0.3 is 0 Å². The molecule has 1 aromatic carbocycles. The summed E-state index contributed by atoms with van der Waals surface area (Å²) in [6.07, 6.45) is 4.92. The molecule has 0 saturated carbocycles. The summed E-state index contributed by atoms with van der Waals surface area (Å²) >= 11 is 7.21. The molecule has 0 radical (unpaired) electrons. The van der Waals surface area contributed by atoms with Crippen molar-refractivity contribution in [3.8, 4) is 0 Å². The fourth-order valence-corrected chi connectivity index (χ4v) is 3.48. The molecular weight excluding hydrogens is 384 g/mol. The Balaban J connectivity index is 1.54. The van der Waals surface area contributed by atoms with Crippen molar-refractivity contribution in [1.29, 1.82) is 0 Å². The Morgan fingerprint density at radius 3 is 2.80 bits per heavy atom. The third-order valence-corrected chi connectivity index (χ3v) is 5.03. The van der Waals surface area contributed by atoms with E-state index in [1.807, 2.05) is 16.4 Å². The minimum absolute atomic E-state index is 0.0299. The number of hydrogen-bond donors (Lipinski definition) is 2. The highest BCUT2D eigenvalue weighted by Crippen LogP contribution is 2.12. The topological polar surface area (TPSA) is 92.6 Å². The van der Waals surface area contributed by atoms with Gasteiger partial charge in [-0.2, -0.15) is 0 Å². The van der Waals surface area contributed by atoms with Crippen LogP contribution < -0.4 is 10.3 Å². The molecule has 0 unspecified atom stereocenters. The van der Waals surface area contributed by atoms with Crippen LogP contribution in [-0.2, 0) is 21.2 Å². The third-order valence-electron chi connectivity index (χ3n) is 3.13. The summed E-state index contributed by atoms with van der Waals surface area (Å²) in [6, 6.07) is 6.66. The van der Waals surface area contributed by atoms with Gasteiger partial charge >= 0.3 is 0 Å². The van der Waals surface area contributed by atoms with Crippen molar-refractivity contribution in [2.45, 2.75) is 6.42 Å². The lowest BCUT2D eigenvalue weighted by Gasteiger charge is -2.04. The molecule has 3 aromatic rings. The number of carbonyl (C=O) groups excluding carboxylic acids is 1. The van der Waals surface area contributed by atoms with Gasteiger partial charge in [0, 0.05) is 28.2 Å². The van der Waals surface area contributed by atoms with E-state index in [-0.39, 0.29) is 6.42 Å². The first kappa shape index (κ1) is 17.6. The van der Waals surface area contributed by atoms with Crippen molar-refractivity contribution in [3.63, 3.8) is 0 Å². The summed E-state index contributed by atoms with van der Waals surface area (Å²) < 4.78 is 25.5. The number of hydrazine groups is 1. The molecule has 1 amide bonds. The average molecular weight is 397 g/mol. The number of aromatic nitrogens is 2. The molecular formula is C15H13ClN4O3S2. The molecule has 0 bridgehead atoms. The quantitative estimate of drug-likeness (QED) is 0.625. The van der Waals surface area contributed by atoms with E-state index in [2.05, 4.69) is 10.4 Å². The SMILES string of the molecule is O=C(Cc1cn2ccsc2n1)NNS(=O)(=O)/C=C/c1ccc(Cl)cc1. The molecule has 0 saturated heterocycles. The van der Waals surface area contributed by atoms with E-state index in [1.54, 1.807) is 34.9 Å². The van der Waals surface area contributed by atoms with Crippen molar-refractivity contribution in [2.75, 3.05) is 0 Å². The third kappa shape index (κ3) is 4.89. The number of thiazole rings is 1. The van der Waals surface area contributed by atoms with E-state index in [0.29, 0.717) is 16.3 Å². The number of nitrogens with one attached hydrogen (secondary N) is 2. The predicted octanol–water partition coefficient (Wildman–Crippen LogP) is 2.21. The Kier molecular flexibility index (Phi) is 5.19. The summed E-state index contributed by atoms with van der Waals surface area (Å²) in [5, 5.41) is 3.40. The molecule has 0 aliphatic carbocycles. The van der Waals surface area contributed by atoms with E-state index in [1.165, 1.54) is 17.4 Å². The van der Waals surface area contributed by atoms with Gasteiger partial charge in [0.25, 0.3) is 10.0 Å². The second kappa shape index (κ2) is 7.36. The van der Waals surface area contributed by atoms with E-state index in [0.717, 1.165) is 10.4 Å². The predicted molar refractivity (Wildman–Crippen MR) is 97.5 cm³/mol. The van der Waals surface area contributed by atoms with Crippen molar-refractivity contribution < 1.29 is 13.2 Å². The maximum Gasteiger partial charge on any atom is 0.250 e. The first-order valence-electron chi connectivity index (χ1n) is 7.07. The first-order chi connectivity index (χ1) is 11.9. The van der Waals surface area contributed by atoms with Gasteiger partial charge in [-0.15, -0.1) is 16.2 Å². The lowest BCUT2D eigenvalue weighted by atomic mass is 10.2. The van der Waals surface area contributed by atoms with E-state index < -0.39 is 15.9 Å². The fraction of sp³-hybridized carbons (Fsp3) is 0.0667. The van der Waals surface area contributed by atoms with Crippen molar-refractivity contribution >= 4 is 49.9 Å². The molecule has 2 heterocycles. The summed E-state index contributed by atoms with van der Waals surface area (Å²) in [5.41, 5.74) is 3.38. The minimum atomic E-state index is -3.81. The highest BCUT2D eigenvalue weighted by atomic mass is 35.5. The highest BCUT2D eigenvalue weighted by molar-refractivity contribution is 7.92. The van der Waals surface area contributed by atoms with Gasteiger partial charge in [-0.25, -0.2) is 13.4 Å². The number of rotatable bonds is 6. The monoisotopic (exact) mass is 396 g/mol. The molecule has 0 atom stereocenters. The number of benzene rings is 1. The Morgan fingerprint density at radius 1 is 1.32 bits per heavy atom. The zero-order chi connectivity index (χ0) is 17.9. The molecule has 3 rings (SSSR count). The normalized spacial score (nSPS) is 12.0. The smallest absolute Gasteiger partial charge is 0.250 e. The van der Waals surface area contributed by atoms with E-state index in [4.69, 9.17) is 11.6 Å². The molecule has 7 nitrogen and oxygen atoms in total. The maximum absolute atomic E-state index is 11.9. The Hall–Kier alpha value is -2.20. The number of halogens is 1. The van der Waals surface area contributed by atoms with Crippen LogP contribution in [0.15, 0.2) is 47.4 Å². The lowest BCUT2D eigenvalue weighted by Crippen LogP contribution is -2.41. The average Bonchev–Trinajstić information content (AvgIpc) is 3.14. The van der Waals surface area contributed by atoms with Gasteiger partial charge in [0.05, 0.1) is 12.1 Å². The van der Waals surface area contributed by atoms with Crippen LogP contribution >= 0.6 is 22.9 Å². The molecule has 10 heteroatoms. The zero-order valence-corrected chi connectivity index (χ0v) is 15.1. The molecule has 2 N–H and O–H groups in total. The number of fused-ring (bicyclic) bond motifs is 1. The number of sulfonamides is 1. The van der Waals surface area contributed by atoms with Crippen LogP contribution in [0.25, 0.3) is 11.0 Å². The molecule has 0 aliphatic rings. The summed E-state index contributed by atoms with van der Waals surface area (Å²) in [6.45, 7) is 0. The number of amides is 1.